The van der Waals surface area contributed by atoms with Gasteiger partial charge in [0.15, 0.2) is 0 Å². The van der Waals surface area contributed by atoms with Gasteiger partial charge in [-0.05, 0) is 19.8 Å². The molecule has 1 fully saturated rings. The molecule has 1 aliphatic rings. The van der Waals surface area contributed by atoms with E-state index in [1.165, 1.54) is 9.88 Å². The van der Waals surface area contributed by atoms with Crippen LogP contribution in [-0.2, 0) is 11.2 Å². The highest BCUT2D eigenvalue weighted by Gasteiger charge is 2.24. The summed E-state index contributed by atoms with van der Waals surface area (Å²) >= 11 is 1.81. The number of ether oxygens (including phenoxy) is 1. The van der Waals surface area contributed by atoms with Crippen LogP contribution in [0.4, 0.5) is 0 Å². The van der Waals surface area contributed by atoms with Gasteiger partial charge >= 0.3 is 0 Å². The molecule has 0 bridgehead atoms. The van der Waals surface area contributed by atoms with Crippen LogP contribution in [0.5, 0.6) is 0 Å². The molecule has 2 N–H and O–H groups in total. The van der Waals surface area contributed by atoms with Crippen molar-refractivity contribution in [1.82, 2.24) is 15.6 Å². The first kappa shape index (κ1) is 13.9. The van der Waals surface area contributed by atoms with E-state index in [4.69, 9.17) is 4.74 Å². The molecule has 4 nitrogen and oxygen atoms in total. The topological polar surface area (TPSA) is 46.2 Å². The minimum Gasteiger partial charge on any atom is -0.380 e. The Labute approximate surface area is 113 Å². The average Bonchev–Trinajstić information content (AvgIpc) is 3.04. The first-order valence-corrected chi connectivity index (χ1v) is 7.48. The van der Waals surface area contributed by atoms with Gasteiger partial charge in [-0.3, -0.25) is 0 Å². The maximum absolute atomic E-state index is 5.35. The van der Waals surface area contributed by atoms with Crippen molar-refractivity contribution in [2.45, 2.75) is 44.9 Å². The molecule has 1 saturated heterocycles. The molecule has 0 aliphatic carbocycles. The normalized spacial score (nSPS) is 25.5. The van der Waals surface area contributed by atoms with Crippen LogP contribution in [0.3, 0.4) is 0 Å². The number of nitrogens with one attached hydrogen (secondary N) is 2. The predicted octanol–water partition coefficient (Wildman–Crippen LogP) is 1.73. The molecule has 102 valence electrons. The van der Waals surface area contributed by atoms with Gasteiger partial charge in [-0.2, -0.15) is 0 Å². The Bertz CT molecular complexity index is 369. The zero-order valence-corrected chi connectivity index (χ0v) is 12.2. The third-order valence-corrected chi connectivity index (χ3v) is 4.80. The van der Waals surface area contributed by atoms with Crippen molar-refractivity contribution >= 4 is 11.3 Å². The second kappa shape index (κ2) is 6.61. The predicted molar refractivity (Wildman–Crippen MR) is 75.1 cm³/mol. The highest BCUT2D eigenvalue weighted by Crippen LogP contribution is 2.20. The van der Waals surface area contributed by atoms with Gasteiger partial charge in [-0.1, -0.05) is 6.92 Å². The van der Waals surface area contributed by atoms with E-state index in [2.05, 4.69) is 29.5 Å². The Morgan fingerprint density at radius 3 is 3.11 bits per heavy atom. The number of aryl methyl sites for hydroxylation is 1. The average molecular weight is 269 g/mol. The Kier molecular flexibility index (Phi) is 5.12. The summed E-state index contributed by atoms with van der Waals surface area (Å²) in [7, 11) is 1.78. The third-order valence-electron chi connectivity index (χ3n) is 3.48. The van der Waals surface area contributed by atoms with Gasteiger partial charge in [-0.15, -0.1) is 11.3 Å². The van der Waals surface area contributed by atoms with Crippen LogP contribution >= 0.6 is 11.3 Å². The molecule has 0 spiro atoms. The van der Waals surface area contributed by atoms with Gasteiger partial charge < -0.3 is 15.4 Å². The fourth-order valence-electron chi connectivity index (χ4n) is 2.21. The van der Waals surface area contributed by atoms with Crippen LogP contribution in [0, 0.1) is 0 Å². The maximum Gasteiger partial charge on any atom is 0.109 e. The van der Waals surface area contributed by atoms with Gasteiger partial charge in [0.2, 0.25) is 0 Å². The summed E-state index contributed by atoms with van der Waals surface area (Å²) in [6, 6.07) is 0.849. The first-order valence-electron chi connectivity index (χ1n) is 6.67. The lowest BCUT2D eigenvalue weighted by Crippen LogP contribution is -2.35. The van der Waals surface area contributed by atoms with Crippen molar-refractivity contribution in [3.05, 3.63) is 16.1 Å². The van der Waals surface area contributed by atoms with E-state index < -0.39 is 0 Å². The van der Waals surface area contributed by atoms with E-state index in [0.717, 1.165) is 25.9 Å². The largest absolute Gasteiger partial charge is 0.380 e. The standard InChI is InChI=1S/C13H23N3OS/c1-4-12-8-16-13(18-12)9(2)14-6-10-5-11(17-3)7-15-10/h8-11,14-15H,4-7H2,1-3H3. The van der Waals surface area contributed by atoms with Gasteiger partial charge in [0, 0.05) is 37.3 Å². The lowest BCUT2D eigenvalue weighted by atomic mass is 10.2. The molecule has 0 saturated carbocycles. The molecule has 18 heavy (non-hydrogen) atoms. The zero-order chi connectivity index (χ0) is 13.0. The summed E-state index contributed by atoms with van der Waals surface area (Å²) < 4.78 is 5.35. The summed E-state index contributed by atoms with van der Waals surface area (Å²) in [5.74, 6) is 0. The minimum atomic E-state index is 0.332. The van der Waals surface area contributed by atoms with Crippen molar-refractivity contribution in [2.75, 3.05) is 20.2 Å². The first-order chi connectivity index (χ1) is 8.72. The Morgan fingerprint density at radius 2 is 2.50 bits per heavy atom. The number of rotatable bonds is 6. The second-order valence-electron chi connectivity index (χ2n) is 4.85. The Hall–Kier alpha value is -0.490. The summed E-state index contributed by atoms with van der Waals surface area (Å²) in [5, 5.41) is 8.22. The quantitative estimate of drug-likeness (QED) is 0.826. The maximum atomic E-state index is 5.35. The van der Waals surface area contributed by atoms with Crippen molar-refractivity contribution in [3.8, 4) is 0 Å². The minimum absolute atomic E-state index is 0.332. The molecule has 0 aromatic carbocycles. The monoisotopic (exact) mass is 269 g/mol. The number of aromatic nitrogens is 1. The molecule has 1 aliphatic heterocycles. The van der Waals surface area contributed by atoms with E-state index in [0.29, 0.717) is 18.2 Å². The molecule has 1 aromatic rings. The fourth-order valence-corrected chi connectivity index (χ4v) is 3.09. The van der Waals surface area contributed by atoms with Crippen LogP contribution in [-0.4, -0.2) is 37.3 Å². The molecule has 3 unspecified atom stereocenters. The summed E-state index contributed by atoms with van der Waals surface area (Å²) in [5.41, 5.74) is 0. The summed E-state index contributed by atoms with van der Waals surface area (Å²) in [6.45, 7) is 6.29. The van der Waals surface area contributed by atoms with Crippen LogP contribution in [0.15, 0.2) is 6.20 Å². The molecule has 1 aromatic heterocycles. The lowest BCUT2D eigenvalue weighted by Gasteiger charge is -2.15. The van der Waals surface area contributed by atoms with Gasteiger partial charge in [0.05, 0.1) is 12.1 Å². The lowest BCUT2D eigenvalue weighted by molar-refractivity contribution is 0.117. The highest BCUT2D eigenvalue weighted by atomic mass is 32.1. The van der Waals surface area contributed by atoms with Crippen LogP contribution in [0.1, 0.15) is 36.2 Å². The molecule has 3 atom stereocenters. The number of thiazole rings is 1. The van der Waals surface area contributed by atoms with Gasteiger partial charge in [0.25, 0.3) is 0 Å². The van der Waals surface area contributed by atoms with Crippen LogP contribution in [0.25, 0.3) is 0 Å². The second-order valence-corrected chi connectivity index (χ2v) is 5.99. The van der Waals surface area contributed by atoms with E-state index in [1.807, 2.05) is 17.5 Å². The molecule has 0 amide bonds. The molecular formula is C13H23N3OS. The highest BCUT2D eigenvalue weighted by molar-refractivity contribution is 7.11. The zero-order valence-electron chi connectivity index (χ0n) is 11.4. The van der Waals surface area contributed by atoms with Gasteiger partial charge in [0.1, 0.15) is 5.01 Å². The van der Waals surface area contributed by atoms with Gasteiger partial charge in [-0.25, -0.2) is 4.98 Å². The van der Waals surface area contributed by atoms with Crippen molar-refractivity contribution < 1.29 is 4.74 Å². The molecule has 0 radical (unpaired) electrons. The van der Waals surface area contributed by atoms with Crippen LogP contribution in [0.2, 0.25) is 0 Å². The van der Waals surface area contributed by atoms with E-state index in [-0.39, 0.29) is 0 Å². The number of methoxy groups -OCH3 is 1. The van der Waals surface area contributed by atoms with Crippen molar-refractivity contribution in [1.29, 1.82) is 0 Å². The van der Waals surface area contributed by atoms with Crippen molar-refractivity contribution in [2.24, 2.45) is 0 Å². The number of hydrogen-bond donors (Lipinski definition) is 2. The van der Waals surface area contributed by atoms with Crippen molar-refractivity contribution in [3.63, 3.8) is 0 Å². The SMILES string of the molecule is CCc1cnc(C(C)NCC2CC(OC)CN2)s1. The smallest absolute Gasteiger partial charge is 0.109 e. The summed E-state index contributed by atoms with van der Waals surface area (Å²) in [6.07, 6.45) is 4.53. The van der Waals surface area contributed by atoms with E-state index in [1.54, 1.807) is 7.11 Å². The number of nitrogens with zero attached hydrogens (tertiary/aromatic N) is 1. The summed E-state index contributed by atoms with van der Waals surface area (Å²) in [4.78, 5) is 5.83. The molecule has 5 heteroatoms. The number of hydrogen-bond acceptors (Lipinski definition) is 5. The molecule has 2 rings (SSSR count). The van der Waals surface area contributed by atoms with Crippen LogP contribution < -0.4 is 10.6 Å². The Balaban J connectivity index is 1.76. The van der Waals surface area contributed by atoms with E-state index in [9.17, 15) is 0 Å². The molecule has 2 heterocycles. The van der Waals surface area contributed by atoms with E-state index >= 15 is 0 Å². The molecular weight excluding hydrogens is 246 g/mol. The fraction of sp³-hybridized carbons (Fsp3) is 0.769. The third kappa shape index (κ3) is 3.51. The Morgan fingerprint density at radius 1 is 1.67 bits per heavy atom.